The summed E-state index contributed by atoms with van der Waals surface area (Å²) in [4.78, 5) is 11.7. The number of aryl methyl sites for hydroxylation is 1. The number of aliphatic hydroxyl groups is 1. The molecule has 0 radical (unpaired) electrons. The number of benzene rings is 2. The Morgan fingerprint density at radius 2 is 2.05 bits per heavy atom. The lowest BCUT2D eigenvalue weighted by Gasteiger charge is -2.18. The lowest BCUT2D eigenvalue weighted by molar-refractivity contribution is -0.115. The Morgan fingerprint density at radius 1 is 1.29 bits per heavy atom. The van der Waals surface area contributed by atoms with Gasteiger partial charge in [-0.1, -0.05) is 48.9 Å². The van der Waals surface area contributed by atoms with Gasteiger partial charge in [0.05, 0.1) is 12.1 Å². The zero-order valence-electron chi connectivity index (χ0n) is 11.7. The number of aliphatic hydroxyl groups excluding tert-OH is 1. The molecule has 0 saturated heterocycles. The molecular weight excluding hydrogens is 286 g/mol. The Labute approximate surface area is 128 Å². The van der Waals surface area contributed by atoms with Gasteiger partial charge in [-0.15, -0.1) is 0 Å². The van der Waals surface area contributed by atoms with E-state index < -0.39 is 6.10 Å². The SMILES string of the molecule is CCc1cc2c(c(C(O)c3ccccc3Cl)c1)NC(=O)C2. The van der Waals surface area contributed by atoms with E-state index in [-0.39, 0.29) is 5.91 Å². The summed E-state index contributed by atoms with van der Waals surface area (Å²) < 4.78 is 0. The van der Waals surface area contributed by atoms with Gasteiger partial charge in [0.15, 0.2) is 0 Å². The maximum atomic E-state index is 11.7. The van der Waals surface area contributed by atoms with Gasteiger partial charge in [0.25, 0.3) is 0 Å². The Morgan fingerprint density at radius 3 is 2.76 bits per heavy atom. The minimum Gasteiger partial charge on any atom is -0.384 e. The monoisotopic (exact) mass is 301 g/mol. The number of amides is 1. The van der Waals surface area contributed by atoms with E-state index in [4.69, 9.17) is 11.6 Å². The second-order valence-corrected chi connectivity index (χ2v) is 5.63. The summed E-state index contributed by atoms with van der Waals surface area (Å²) in [6.45, 7) is 2.05. The van der Waals surface area contributed by atoms with Crippen LogP contribution in [0.2, 0.25) is 5.02 Å². The summed E-state index contributed by atoms with van der Waals surface area (Å²) in [5.74, 6) is -0.0362. The van der Waals surface area contributed by atoms with Crippen molar-refractivity contribution in [3.63, 3.8) is 0 Å². The third-order valence-corrected chi connectivity index (χ3v) is 4.17. The Balaban J connectivity index is 2.12. The quantitative estimate of drug-likeness (QED) is 0.912. The molecule has 21 heavy (non-hydrogen) atoms. The first kappa shape index (κ1) is 14.1. The molecule has 0 bridgehead atoms. The van der Waals surface area contributed by atoms with Crippen molar-refractivity contribution in [2.24, 2.45) is 0 Å². The van der Waals surface area contributed by atoms with Gasteiger partial charge in [-0.2, -0.15) is 0 Å². The van der Waals surface area contributed by atoms with Crippen molar-refractivity contribution in [2.45, 2.75) is 25.9 Å². The van der Waals surface area contributed by atoms with E-state index in [9.17, 15) is 9.90 Å². The number of halogens is 1. The molecule has 0 aromatic heterocycles. The van der Waals surface area contributed by atoms with Crippen LogP contribution in [0.25, 0.3) is 0 Å². The molecule has 3 nitrogen and oxygen atoms in total. The number of hydrogen-bond donors (Lipinski definition) is 2. The van der Waals surface area contributed by atoms with Gasteiger partial charge < -0.3 is 10.4 Å². The van der Waals surface area contributed by atoms with Crippen molar-refractivity contribution >= 4 is 23.2 Å². The number of hydrogen-bond acceptors (Lipinski definition) is 2. The lowest BCUT2D eigenvalue weighted by Crippen LogP contribution is -2.08. The van der Waals surface area contributed by atoms with Crippen molar-refractivity contribution < 1.29 is 9.90 Å². The van der Waals surface area contributed by atoms with Crippen molar-refractivity contribution in [1.29, 1.82) is 0 Å². The van der Waals surface area contributed by atoms with E-state index in [1.54, 1.807) is 12.1 Å². The van der Waals surface area contributed by atoms with Crippen LogP contribution in [0.1, 0.15) is 35.3 Å². The second-order valence-electron chi connectivity index (χ2n) is 5.22. The number of carbonyl (C=O) groups is 1. The second kappa shape index (κ2) is 5.51. The molecule has 2 aromatic carbocycles. The van der Waals surface area contributed by atoms with Crippen LogP contribution in [0.4, 0.5) is 5.69 Å². The standard InChI is InChI=1S/C17H16ClNO2/c1-2-10-7-11-9-15(20)19-16(11)13(8-10)17(21)12-5-3-4-6-14(12)18/h3-8,17,21H,2,9H2,1H3,(H,19,20). The van der Waals surface area contributed by atoms with Gasteiger partial charge in [0.2, 0.25) is 5.91 Å². The summed E-state index contributed by atoms with van der Waals surface area (Å²) in [6.07, 6.45) is 0.368. The number of rotatable bonds is 3. The molecule has 1 aliphatic heterocycles. The van der Waals surface area contributed by atoms with Crippen molar-refractivity contribution in [3.05, 3.63) is 63.7 Å². The van der Waals surface area contributed by atoms with Crippen LogP contribution in [-0.4, -0.2) is 11.0 Å². The van der Waals surface area contributed by atoms with Gasteiger partial charge in [0, 0.05) is 16.1 Å². The maximum Gasteiger partial charge on any atom is 0.228 e. The molecule has 1 heterocycles. The van der Waals surface area contributed by atoms with Gasteiger partial charge in [-0.25, -0.2) is 0 Å². The van der Waals surface area contributed by atoms with Crippen molar-refractivity contribution in [3.8, 4) is 0 Å². The van der Waals surface area contributed by atoms with E-state index >= 15 is 0 Å². The minimum absolute atomic E-state index is 0.0362. The fourth-order valence-corrected chi connectivity index (χ4v) is 2.97. The molecule has 2 aromatic rings. The molecular formula is C17H16ClNO2. The summed E-state index contributed by atoms with van der Waals surface area (Å²) in [7, 11) is 0. The molecule has 1 atom stereocenters. The average molecular weight is 302 g/mol. The molecule has 2 N–H and O–H groups in total. The predicted molar refractivity (Wildman–Crippen MR) is 83.7 cm³/mol. The Kier molecular flexibility index (Phi) is 3.70. The topological polar surface area (TPSA) is 49.3 Å². The van der Waals surface area contributed by atoms with Crippen LogP contribution in [-0.2, 0) is 17.6 Å². The molecule has 0 aliphatic carbocycles. The highest BCUT2D eigenvalue weighted by Crippen LogP contribution is 2.37. The first-order chi connectivity index (χ1) is 10.1. The molecule has 1 amide bonds. The fraction of sp³-hybridized carbons (Fsp3) is 0.235. The van der Waals surface area contributed by atoms with Gasteiger partial charge >= 0.3 is 0 Å². The van der Waals surface area contributed by atoms with E-state index in [1.165, 1.54) is 0 Å². The number of carbonyl (C=O) groups excluding carboxylic acids is 1. The first-order valence-corrected chi connectivity index (χ1v) is 7.36. The van der Waals surface area contributed by atoms with Crippen molar-refractivity contribution in [2.75, 3.05) is 5.32 Å². The summed E-state index contributed by atoms with van der Waals surface area (Å²) in [5.41, 5.74) is 4.13. The van der Waals surface area contributed by atoms with E-state index in [2.05, 4.69) is 12.2 Å². The normalized spacial score (nSPS) is 14.7. The molecule has 3 rings (SSSR count). The van der Waals surface area contributed by atoms with Crippen LogP contribution in [0.3, 0.4) is 0 Å². The smallest absolute Gasteiger partial charge is 0.228 e. The molecule has 0 spiro atoms. The lowest BCUT2D eigenvalue weighted by atomic mass is 9.94. The van der Waals surface area contributed by atoms with E-state index in [0.29, 0.717) is 22.6 Å². The highest BCUT2D eigenvalue weighted by Gasteiger charge is 2.26. The van der Waals surface area contributed by atoms with Crippen LogP contribution < -0.4 is 5.32 Å². The van der Waals surface area contributed by atoms with E-state index in [0.717, 1.165) is 23.2 Å². The largest absolute Gasteiger partial charge is 0.384 e. The van der Waals surface area contributed by atoms with Crippen LogP contribution >= 0.6 is 11.6 Å². The zero-order valence-corrected chi connectivity index (χ0v) is 12.4. The Hall–Kier alpha value is -1.84. The maximum absolute atomic E-state index is 11.7. The predicted octanol–water partition coefficient (Wildman–Crippen LogP) is 3.48. The summed E-state index contributed by atoms with van der Waals surface area (Å²) in [5, 5.41) is 14.1. The first-order valence-electron chi connectivity index (χ1n) is 6.98. The molecule has 1 aliphatic rings. The molecule has 108 valence electrons. The summed E-state index contributed by atoms with van der Waals surface area (Å²) >= 11 is 6.17. The fourth-order valence-electron chi connectivity index (χ4n) is 2.73. The van der Waals surface area contributed by atoms with Crippen LogP contribution in [0.15, 0.2) is 36.4 Å². The van der Waals surface area contributed by atoms with Crippen molar-refractivity contribution in [1.82, 2.24) is 0 Å². The number of fused-ring (bicyclic) bond motifs is 1. The van der Waals surface area contributed by atoms with Gasteiger partial charge in [-0.3, -0.25) is 4.79 Å². The Bertz CT molecular complexity index is 712. The highest BCUT2D eigenvalue weighted by atomic mass is 35.5. The summed E-state index contributed by atoms with van der Waals surface area (Å²) in [6, 6.07) is 11.2. The van der Waals surface area contributed by atoms with Crippen LogP contribution in [0.5, 0.6) is 0 Å². The third kappa shape index (κ3) is 2.55. The zero-order chi connectivity index (χ0) is 15.0. The van der Waals surface area contributed by atoms with E-state index in [1.807, 2.05) is 24.3 Å². The van der Waals surface area contributed by atoms with Gasteiger partial charge in [-0.05, 0) is 23.6 Å². The third-order valence-electron chi connectivity index (χ3n) is 3.83. The van der Waals surface area contributed by atoms with Gasteiger partial charge in [0.1, 0.15) is 6.10 Å². The number of nitrogens with one attached hydrogen (secondary N) is 1. The highest BCUT2D eigenvalue weighted by molar-refractivity contribution is 6.31. The molecule has 0 fully saturated rings. The molecule has 1 unspecified atom stereocenters. The molecule has 0 saturated carbocycles. The minimum atomic E-state index is -0.850. The number of anilines is 1. The van der Waals surface area contributed by atoms with Crippen LogP contribution in [0, 0.1) is 0 Å². The molecule has 4 heteroatoms. The average Bonchev–Trinajstić information content (AvgIpc) is 2.86.